The fourth-order valence-electron chi connectivity index (χ4n) is 4.26. The summed E-state index contributed by atoms with van der Waals surface area (Å²) in [5, 5.41) is 15.9. The number of benzene rings is 2. The number of nitrogens with zero attached hydrogens (tertiary/aromatic N) is 2. The van der Waals surface area contributed by atoms with Crippen LogP contribution in [-0.2, 0) is 11.0 Å². The Kier molecular flexibility index (Phi) is 5.77. The second-order valence-corrected chi connectivity index (χ2v) is 8.12. The van der Waals surface area contributed by atoms with Gasteiger partial charge in [0.15, 0.2) is 5.82 Å². The van der Waals surface area contributed by atoms with E-state index in [1.807, 2.05) is 25.1 Å². The molecular formula is C23H24F3N5O. The van der Waals surface area contributed by atoms with Crippen molar-refractivity contribution in [3.63, 3.8) is 0 Å². The number of alkyl halides is 3. The van der Waals surface area contributed by atoms with Crippen LogP contribution >= 0.6 is 0 Å². The monoisotopic (exact) mass is 443 g/mol. The van der Waals surface area contributed by atoms with Crippen LogP contribution in [0.15, 0.2) is 36.4 Å². The summed E-state index contributed by atoms with van der Waals surface area (Å²) in [4.78, 5) is 11.8. The van der Waals surface area contributed by atoms with E-state index in [0.717, 1.165) is 34.5 Å². The second kappa shape index (κ2) is 8.38. The highest BCUT2D eigenvalue weighted by Gasteiger charge is 2.33. The number of fused-ring (bicyclic) bond motifs is 1. The van der Waals surface area contributed by atoms with E-state index in [2.05, 4.69) is 20.8 Å². The van der Waals surface area contributed by atoms with Crippen molar-refractivity contribution < 1.29 is 18.0 Å². The van der Waals surface area contributed by atoms with E-state index in [0.29, 0.717) is 24.3 Å². The Hall–Kier alpha value is -3.20. The van der Waals surface area contributed by atoms with Crippen LogP contribution in [0.3, 0.4) is 0 Å². The number of piperidine rings is 1. The minimum atomic E-state index is -4.46. The third-order valence-electron chi connectivity index (χ3n) is 6.02. The van der Waals surface area contributed by atoms with Gasteiger partial charge in [0.2, 0.25) is 5.91 Å². The van der Waals surface area contributed by atoms with Crippen molar-refractivity contribution in [2.75, 3.05) is 11.9 Å². The van der Waals surface area contributed by atoms with E-state index in [9.17, 15) is 18.0 Å². The fraction of sp³-hybridized carbons (Fsp3) is 0.348. The van der Waals surface area contributed by atoms with Crippen molar-refractivity contribution in [3.05, 3.63) is 64.3 Å². The van der Waals surface area contributed by atoms with E-state index in [-0.39, 0.29) is 17.4 Å². The minimum Gasteiger partial charge on any atom is -0.356 e. The highest BCUT2D eigenvalue weighted by Crippen LogP contribution is 2.35. The Bertz CT molecular complexity index is 1180. The SMILES string of the molecule is Cc1c([C@@H](N)Nc2nnc(C)c3ccc(C4CCNC(=O)C4)cc23)cccc1C(F)(F)F. The average molecular weight is 443 g/mol. The predicted molar refractivity (Wildman–Crippen MR) is 116 cm³/mol. The molecule has 1 unspecified atom stereocenters. The van der Waals surface area contributed by atoms with Crippen molar-refractivity contribution in [3.8, 4) is 0 Å². The zero-order valence-corrected chi connectivity index (χ0v) is 17.8. The maximum atomic E-state index is 13.3. The number of hydrogen-bond acceptors (Lipinski definition) is 5. The summed E-state index contributed by atoms with van der Waals surface area (Å²) in [5.41, 5.74) is 7.68. The predicted octanol–water partition coefficient (Wildman–Crippen LogP) is 4.33. The van der Waals surface area contributed by atoms with Crippen molar-refractivity contribution in [2.45, 2.75) is 44.9 Å². The van der Waals surface area contributed by atoms with Crippen LogP contribution in [0.5, 0.6) is 0 Å². The highest BCUT2D eigenvalue weighted by molar-refractivity contribution is 5.93. The van der Waals surface area contributed by atoms with E-state index in [4.69, 9.17) is 5.73 Å². The van der Waals surface area contributed by atoms with Gasteiger partial charge in [-0.25, -0.2) is 0 Å². The van der Waals surface area contributed by atoms with Gasteiger partial charge in [-0.3, -0.25) is 4.79 Å². The summed E-state index contributed by atoms with van der Waals surface area (Å²) in [5.74, 6) is 0.497. The number of nitrogens with one attached hydrogen (secondary N) is 2. The molecule has 2 aromatic carbocycles. The molecule has 4 rings (SSSR count). The number of nitrogens with two attached hydrogens (primary N) is 1. The van der Waals surface area contributed by atoms with E-state index in [1.165, 1.54) is 13.0 Å². The number of carbonyl (C=O) groups is 1. The Morgan fingerprint density at radius 3 is 2.66 bits per heavy atom. The zero-order valence-electron chi connectivity index (χ0n) is 17.8. The molecule has 0 saturated carbocycles. The van der Waals surface area contributed by atoms with Crippen LogP contribution in [0.4, 0.5) is 19.0 Å². The molecule has 1 amide bonds. The molecule has 2 heterocycles. The summed E-state index contributed by atoms with van der Waals surface area (Å²) in [6.07, 6.45) is -4.13. The maximum absolute atomic E-state index is 13.3. The van der Waals surface area contributed by atoms with Gasteiger partial charge in [0.05, 0.1) is 11.3 Å². The topological polar surface area (TPSA) is 92.9 Å². The van der Waals surface area contributed by atoms with Crippen LogP contribution in [0.1, 0.15) is 52.9 Å². The molecule has 1 fully saturated rings. The van der Waals surface area contributed by atoms with Gasteiger partial charge in [0, 0.05) is 23.7 Å². The third-order valence-corrected chi connectivity index (χ3v) is 6.02. The summed E-state index contributed by atoms with van der Waals surface area (Å²) in [7, 11) is 0. The largest absolute Gasteiger partial charge is 0.416 e. The van der Waals surface area contributed by atoms with Crippen molar-refractivity contribution in [2.24, 2.45) is 5.73 Å². The summed E-state index contributed by atoms with van der Waals surface area (Å²) < 4.78 is 39.9. The van der Waals surface area contributed by atoms with Gasteiger partial charge >= 0.3 is 6.18 Å². The molecular weight excluding hydrogens is 419 g/mol. The summed E-state index contributed by atoms with van der Waals surface area (Å²) in [6.45, 7) is 3.87. The minimum absolute atomic E-state index is 0.0192. The number of amides is 1. The molecule has 1 aliphatic rings. The van der Waals surface area contributed by atoms with Crippen LogP contribution in [0.25, 0.3) is 10.8 Å². The number of aryl methyl sites for hydroxylation is 1. The molecule has 1 aliphatic heterocycles. The van der Waals surface area contributed by atoms with Gasteiger partial charge in [-0.2, -0.15) is 18.3 Å². The lowest BCUT2D eigenvalue weighted by Gasteiger charge is -2.23. The molecule has 9 heteroatoms. The van der Waals surface area contributed by atoms with Crippen LogP contribution in [-0.4, -0.2) is 22.6 Å². The van der Waals surface area contributed by atoms with Crippen molar-refractivity contribution >= 4 is 22.5 Å². The van der Waals surface area contributed by atoms with Crippen LogP contribution in [0, 0.1) is 13.8 Å². The lowest BCUT2D eigenvalue weighted by molar-refractivity contribution is -0.138. The molecule has 0 aliphatic carbocycles. The smallest absolute Gasteiger partial charge is 0.356 e. The first kappa shape index (κ1) is 22.0. The molecule has 0 radical (unpaired) electrons. The molecule has 168 valence electrons. The number of halogens is 3. The molecule has 1 aromatic heterocycles. The molecule has 3 aromatic rings. The number of anilines is 1. The molecule has 6 nitrogen and oxygen atoms in total. The first-order valence-corrected chi connectivity index (χ1v) is 10.4. The molecule has 32 heavy (non-hydrogen) atoms. The van der Waals surface area contributed by atoms with Gasteiger partial charge in [0.1, 0.15) is 6.17 Å². The quantitative estimate of drug-likeness (QED) is 0.522. The van der Waals surface area contributed by atoms with E-state index < -0.39 is 17.9 Å². The standard InChI is InChI=1S/C23H24F3N5O/c1-12-16(4-3-5-19(12)23(24,25)26)21(27)29-22-18-10-14(15-8-9-28-20(32)11-15)6-7-17(18)13(2)30-31-22/h3-7,10,15,21H,8-9,11,27H2,1-2H3,(H,28,32)(H,29,31)/t15?,21-/m0/s1. The van der Waals surface area contributed by atoms with Crippen molar-refractivity contribution in [1.29, 1.82) is 0 Å². The molecule has 1 saturated heterocycles. The summed E-state index contributed by atoms with van der Waals surface area (Å²) in [6, 6.07) is 9.85. The van der Waals surface area contributed by atoms with Gasteiger partial charge in [0.25, 0.3) is 0 Å². The number of carbonyl (C=O) groups excluding carboxylic acids is 1. The molecule has 2 atom stereocenters. The first-order chi connectivity index (χ1) is 15.1. The Morgan fingerprint density at radius 2 is 1.94 bits per heavy atom. The number of aromatic nitrogens is 2. The maximum Gasteiger partial charge on any atom is 0.416 e. The van der Waals surface area contributed by atoms with E-state index >= 15 is 0 Å². The molecule has 0 spiro atoms. The number of rotatable bonds is 4. The van der Waals surface area contributed by atoms with Crippen LogP contribution in [0.2, 0.25) is 0 Å². The summed E-state index contributed by atoms with van der Waals surface area (Å²) >= 11 is 0. The Balaban J connectivity index is 1.71. The van der Waals surface area contributed by atoms with Gasteiger partial charge in [-0.05, 0) is 55.0 Å². The van der Waals surface area contributed by atoms with Crippen LogP contribution < -0.4 is 16.4 Å². The normalized spacial score (nSPS) is 17.8. The first-order valence-electron chi connectivity index (χ1n) is 10.4. The number of hydrogen-bond donors (Lipinski definition) is 3. The third kappa shape index (κ3) is 4.25. The van der Waals surface area contributed by atoms with E-state index in [1.54, 1.807) is 6.07 Å². The Labute approximate surface area is 183 Å². The highest BCUT2D eigenvalue weighted by atomic mass is 19.4. The average Bonchev–Trinajstić information content (AvgIpc) is 2.74. The fourth-order valence-corrected chi connectivity index (χ4v) is 4.26. The van der Waals surface area contributed by atoms with Gasteiger partial charge < -0.3 is 16.4 Å². The zero-order chi connectivity index (χ0) is 23.0. The molecule has 4 N–H and O–H groups in total. The van der Waals surface area contributed by atoms with Gasteiger partial charge in [-0.15, -0.1) is 5.10 Å². The van der Waals surface area contributed by atoms with Crippen molar-refractivity contribution in [1.82, 2.24) is 15.5 Å². The lowest BCUT2D eigenvalue weighted by atomic mass is 9.88. The Morgan fingerprint density at radius 1 is 1.16 bits per heavy atom. The lowest BCUT2D eigenvalue weighted by Crippen LogP contribution is -2.32. The second-order valence-electron chi connectivity index (χ2n) is 8.12. The molecule has 0 bridgehead atoms. The van der Waals surface area contributed by atoms with Gasteiger partial charge in [-0.1, -0.05) is 24.3 Å².